The first-order chi connectivity index (χ1) is 9.34. The summed E-state index contributed by atoms with van der Waals surface area (Å²) in [5.74, 6) is -1.64. The maximum absolute atomic E-state index is 13.7. The normalized spacial score (nSPS) is 15.8. The van der Waals surface area contributed by atoms with Gasteiger partial charge in [0.15, 0.2) is 0 Å². The van der Waals surface area contributed by atoms with Crippen molar-refractivity contribution in [2.45, 2.75) is 19.1 Å². The zero-order valence-electron chi connectivity index (χ0n) is 10.8. The van der Waals surface area contributed by atoms with Crippen molar-refractivity contribution in [1.82, 2.24) is 10.2 Å². The van der Waals surface area contributed by atoms with E-state index in [-0.39, 0.29) is 6.04 Å². The molecule has 0 aromatic heterocycles. The van der Waals surface area contributed by atoms with E-state index < -0.39 is 29.0 Å². The molecule has 1 aromatic rings. The Morgan fingerprint density at radius 2 is 2.05 bits per heavy atom. The van der Waals surface area contributed by atoms with Gasteiger partial charge in [-0.05, 0) is 25.1 Å². The summed E-state index contributed by atoms with van der Waals surface area (Å²) in [5, 5.41) is 2.96. The lowest BCUT2D eigenvalue weighted by atomic mass is 10.1. The summed E-state index contributed by atoms with van der Waals surface area (Å²) in [5.41, 5.74) is -1.56. The SMILES string of the molecule is CCN(C(=O)c1cc(C(F)(F)F)ccc1F)C1CNC1. The Hall–Kier alpha value is -1.63. The van der Waals surface area contributed by atoms with Crippen LogP contribution in [0.2, 0.25) is 0 Å². The van der Waals surface area contributed by atoms with Crippen molar-refractivity contribution in [3.8, 4) is 0 Å². The fourth-order valence-electron chi connectivity index (χ4n) is 2.08. The van der Waals surface area contributed by atoms with Gasteiger partial charge in [0.05, 0.1) is 17.2 Å². The predicted molar refractivity (Wildman–Crippen MR) is 64.8 cm³/mol. The van der Waals surface area contributed by atoms with Crippen molar-refractivity contribution in [2.75, 3.05) is 19.6 Å². The van der Waals surface area contributed by atoms with Gasteiger partial charge in [-0.15, -0.1) is 0 Å². The smallest absolute Gasteiger partial charge is 0.333 e. The van der Waals surface area contributed by atoms with Crippen LogP contribution >= 0.6 is 0 Å². The number of alkyl halides is 3. The fraction of sp³-hybridized carbons (Fsp3) is 0.462. The van der Waals surface area contributed by atoms with E-state index in [1.807, 2.05) is 0 Å². The molecule has 1 heterocycles. The quantitative estimate of drug-likeness (QED) is 0.866. The molecule has 0 atom stereocenters. The number of rotatable bonds is 3. The van der Waals surface area contributed by atoms with Gasteiger partial charge in [0, 0.05) is 19.6 Å². The molecule has 1 N–H and O–H groups in total. The molecule has 1 aliphatic rings. The van der Waals surface area contributed by atoms with E-state index in [0.29, 0.717) is 37.8 Å². The third kappa shape index (κ3) is 2.77. The second-order valence-corrected chi connectivity index (χ2v) is 4.60. The molecular formula is C13H14F4N2O. The largest absolute Gasteiger partial charge is 0.416 e. The van der Waals surface area contributed by atoms with Crippen molar-refractivity contribution in [3.63, 3.8) is 0 Å². The molecule has 1 amide bonds. The number of benzene rings is 1. The number of nitrogens with zero attached hydrogens (tertiary/aromatic N) is 1. The van der Waals surface area contributed by atoms with Crippen LogP contribution in [0.15, 0.2) is 18.2 Å². The first-order valence-electron chi connectivity index (χ1n) is 6.23. The molecule has 2 rings (SSSR count). The minimum Gasteiger partial charge on any atom is -0.333 e. The number of hydrogen-bond acceptors (Lipinski definition) is 2. The highest BCUT2D eigenvalue weighted by molar-refractivity contribution is 5.95. The molecular weight excluding hydrogens is 276 g/mol. The average molecular weight is 290 g/mol. The van der Waals surface area contributed by atoms with Crippen LogP contribution in [-0.4, -0.2) is 36.5 Å². The van der Waals surface area contributed by atoms with Gasteiger partial charge in [0.2, 0.25) is 0 Å². The number of likely N-dealkylation sites (N-methyl/N-ethyl adjacent to an activating group) is 1. The van der Waals surface area contributed by atoms with Crippen LogP contribution in [0.4, 0.5) is 17.6 Å². The molecule has 1 saturated heterocycles. The molecule has 1 fully saturated rings. The number of amides is 1. The van der Waals surface area contributed by atoms with E-state index in [2.05, 4.69) is 5.32 Å². The summed E-state index contributed by atoms with van der Waals surface area (Å²) in [6, 6.07) is 1.80. The van der Waals surface area contributed by atoms with E-state index in [1.54, 1.807) is 6.92 Å². The van der Waals surface area contributed by atoms with E-state index in [9.17, 15) is 22.4 Å². The van der Waals surface area contributed by atoms with Gasteiger partial charge in [-0.25, -0.2) is 4.39 Å². The summed E-state index contributed by atoms with van der Waals surface area (Å²) < 4.78 is 51.5. The minimum absolute atomic E-state index is 0.0959. The zero-order chi connectivity index (χ0) is 14.9. The van der Waals surface area contributed by atoms with Gasteiger partial charge in [-0.3, -0.25) is 4.79 Å². The second-order valence-electron chi connectivity index (χ2n) is 4.60. The Kier molecular flexibility index (Phi) is 3.99. The first-order valence-corrected chi connectivity index (χ1v) is 6.23. The Morgan fingerprint density at radius 1 is 1.40 bits per heavy atom. The highest BCUT2D eigenvalue weighted by Gasteiger charge is 2.34. The summed E-state index contributed by atoms with van der Waals surface area (Å²) >= 11 is 0. The fourth-order valence-corrected chi connectivity index (χ4v) is 2.08. The molecule has 0 saturated carbocycles. The minimum atomic E-state index is -4.60. The van der Waals surface area contributed by atoms with Crippen LogP contribution in [0.25, 0.3) is 0 Å². The maximum Gasteiger partial charge on any atom is 0.416 e. The van der Waals surface area contributed by atoms with Crippen LogP contribution in [0, 0.1) is 5.82 Å². The van der Waals surface area contributed by atoms with Crippen LogP contribution in [-0.2, 0) is 6.18 Å². The summed E-state index contributed by atoms with van der Waals surface area (Å²) in [6.07, 6.45) is -4.60. The monoisotopic (exact) mass is 290 g/mol. The average Bonchev–Trinajstić information content (AvgIpc) is 2.31. The molecule has 0 spiro atoms. The van der Waals surface area contributed by atoms with E-state index in [4.69, 9.17) is 0 Å². The van der Waals surface area contributed by atoms with Crippen LogP contribution in [0.3, 0.4) is 0 Å². The third-order valence-electron chi connectivity index (χ3n) is 3.33. The highest BCUT2D eigenvalue weighted by atomic mass is 19.4. The molecule has 0 radical (unpaired) electrons. The molecule has 110 valence electrons. The molecule has 3 nitrogen and oxygen atoms in total. The molecule has 0 bridgehead atoms. The van der Waals surface area contributed by atoms with E-state index in [0.717, 1.165) is 0 Å². The standard InChI is InChI=1S/C13H14F4N2O/c1-2-19(9-6-18-7-9)12(20)10-5-8(13(15,16)17)3-4-11(10)14/h3-5,9,18H,2,6-7H2,1H3. The Labute approximate surface area is 113 Å². The van der Waals surface area contributed by atoms with E-state index in [1.165, 1.54) is 4.90 Å². The van der Waals surface area contributed by atoms with Gasteiger partial charge in [0.1, 0.15) is 5.82 Å². The second kappa shape index (κ2) is 5.40. The summed E-state index contributed by atoms with van der Waals surface area (Å²) in [4.78, 5) is 13.6. The number of hydrogen-bond donors (Lipinski definition) is 1. The predicted octanol–water partition coefficient (Wildman–Crippen LogP) is 2.28. The van der Waals surface area contributed by atoms with Crippen LogP contribution in [0.1, 0.15) is 22.8 Å². The van der Waals surface area contributed by atoms with Gasteiger partial charge < -0.3 is 10.2 Å². The van der Waals surface area contributed by atoms with Crippen molar-refractivity contribution in [2.24, 2.45) is 0 Å². The lowest BCUT2D eigenvalue weighted by molar-refractivity contribution is -0.137. The first kappa shape index (κ1) is 14.8. The topological polar surface area (TPSA) is 32.3 Å². The molecule has 1 aliphatic heterocycles. The Balaban J connectivity index is 2.32. The van der Waals surface area contributed by atoms with Crippen molar-refractivity contribution < 1.29 is 22.4 Å². The van der Waals surface area contributed by atoms with Crippen LogP contribution < -0.4 is 5.32 Å². The summed E-state index contributed by atoms with van der Waals surface area (Å²) in [7, 11) is 0. The lowest BCUT2D eigenvalue weighted by Crippen LogP contribution is -2.58. The number of nitrogens with one attached hydrogen (secondary N) is 1. The third-order valence-corrected chi connectivity index (χ3v) is 3.33. The number of carbonyl (C=O) groups is 1. The summed E-state index contributed by atoms with van der Waals surface area (Å²) in [6.45, 7) is 3.17. The molecule has 0 unspecified atom stereocenters. The van der Waals surface area contributed by atoms with Crippen molar-refractivity contribution in [1.29, 1.82) is 0 Å². The van der Waals surface area contributed by atoms with Gasteiger partial charge in [0.25, 0.3) is 5.91 Å². The maximum atomic E-state index is 13.7. The molecule has 0 aliphatic carbocycles. The molecule has 7 heteroatoms. The van der Waals surface area contributed by atoms with Crippen molar-refractivity contribution >= 4 is 5.91 Å². The number of carbonyl (C=O) groups excluding carboxylic acids is 1. The number of halogens is 4. The van der Waals surface area contributed by atoms with Gasteiger partial charge >= 0.3 is 6.18 Å². The van der Waals surface area contributed by atoms with Gasteiger partial charge in [-0.2, -0.15) is 13.2 Å². The van der Waals surface area contributed by atoms with Crippen LogP contribution in [0.5, 0.6) is 0 Å². The molecule has 20 heavy (non-hydrogen) atoms. The lowest BCUT2D eigenvalue weighted by Gasteiger charge is -2.37. The highest BCUT2D eigenvalue weighted by Crippen LogP contribution is 2.30. The van der Waals surface area contributed by atoms with Gasteiger partial charge in [-0.1, -0.05) is 0 Å². The van der Waals surface area contributed by atoms with Crippen molar-refractivity contribution in [3.05, 3.63) is 35.1 Å². The Bertz CT molecular complexity index is 512. The zero-order valence-corrected chi connectivity index (χ0v) is 10.8. The Morgan fingerprint density at radius 3 is 2.50 bits per heavy atom. The molecule has 1 aromatic carbocycles. The van der Waals surface area contributed by atoms with E-state index >= 15 is 0 Å².